The maximum atomic E-state index is 12.9. The van der Waals surface area contributed by atoms with Crippen molar-refractivity contribution in [2.75, 3.05) is 4.90 Å². The number of carbonyl (C=O) groups is 1. The highest BCUT2D eigenvalue weighted by molar-refractivity contribution is 6.30. The fraction of sp³-hybridized carbons (Fsp3) is 0.0952. The second kappa shape index (κ2) is 7.80. The average Bonchev–Trinajstić information content (AvgIpc) is 2.63. The van der Waals surface area contributed by atoms with Gasteiger partial charge in [-0.2, -0.15) is 0 Å². The first kappa shape index (κ1) is 16.3. The maximum absolute atomic E-state index is 12.9. The molecule has 0 aromatic heterocycles. The van der Waals surface area contributed by atoms with E-state index in [9.17, 15) is 4.79 Å². The third-order valence-corrected chi connectivity index (χ3v) is 4.07. The summed E-state index contributed by atoms with van der Waals surface area (Å²) in [4.78, 5) is 14.7. The van der Waals surface area contributed by atoms with Crippen LogP contribution in [0.5, 0.6) is 0 Å². The Hall–Kier alpha value is -2.58. The van der Waals surface area contributed by atoms with E-state index in [1.165, 1.54) is 0 Å². The molecule has 3 rings (SSSR count). The molecule has 0 radical (unpaired) electrons. The van der Waals surface area contributed by atoms with Crippen molar-refractivity contribution in [1.29, 1.82) is 0 Å². The van der Waals surface area contributed by atoms with Crippen molar-refractivity contribution in [3.8, 4) is 0 Å². The molecule has 0 unspecified atom stereocenters. The van der Waals surface area contributed by atoms with E-state index in [-0.39, 0.29) is 5.91 Å². The molecule has 3 heteroatoms. The first-order chi connectivity index (χ1) is 11.7. The molecule has 0 fully saturated rings. The molecule has 0 heterocycles. The number of anilines is 1. The Morgan fingerprint density at radius 2 is 1.33 bits per heavy atom. The van der Waals surface area contributed by atoms with Crippen molar-refractivity contribution >= 4 is 23.2 Å². The summed E-state index contributed by atoms with van der Waals surface area (Å²) in [6.45, 7) is 0.553. The van der Waals surface area contributed by atoms with E-state index in [4.69, 9.17) is 11.6 Å². The van der Waals surface area contributed by atoms with E-state index in [2.05, 4.69) is 0 Å². The van der Waals surface area contributed by atoms with Gasteiger partial charge in [0.2, 0.25) is 5.91 Å². The van der Waals surface area contributed by atoms with Gasteiger partial charge in [0.05, 0.1) is 13.0 Å². The molecule has 2 nitrogen and oxygen atoms in total. The van der Waals surface area contributed by atoms with E-state index < -0.39 is 0 Å². The molecule has 0 spiro atoms. The molecule has 0 aliphatic carbocycles. The van der Waals surface area contributed by atoms with Crippen LogP contribution in [0.25, 0.3) is 0 Å². The monoisotopic (exact) mass is 335 g/mol. The summed E-state index contributed by atoms with van der Waals surface area (Å²) in [5.41, 5.74) is 2.96. The van der Waals surface area contributed by atoms with Gasteiger partial charge in [0.25, 0.3) is 0 Å². The van der Waals surface area contributed by atoms with Crippen molar-refractivity contribution in [3.05, 3.63) is 101 Å². The predicted octanol–water partition coefficient (Wildman–Crippen LogP) is 5.12. The molecular weight excluding hydrogens is 318 g/mol. The number of para-hydroxylation sites is 1. The van der Waals surface area contributed by atoms with Crippen LogP contribution < -0.4 is 4.90 Å². The first-order valence-electron chi connectivity index (χ1n) is 7.86. The predicted molar refractivity (Wildman–Crippen MR) is 99.2 cm³/mol. The van der Waals surface area contributed by atoms with E-state index in [1.54, 1.807) is 0 Å². The standard InChI is InChI=1S/C21H18ClNO/c22-19-13-11-17(12-14-19)15-21(24)23(20-9-5-2-6-10-20)16-18-7-3-1-4-8-18/h1-14H,15-16H2. The average molecular weight is 336 g/mol. The molecule has 0 bridgehead atoms. The second-order valence-corrected chi connectivity index (χ2v) is 6.04. The van der Waals surface area contributed by atoms with E-state index in [0.29, 0.717) is 18.0 Å². The Morgan fingerprint density at radius 3 is 1.96 bits per heavy atom. The number of halogens is 1. The lowest BCUT2D eigenvalue weighted by molar-refractivity contribution is -0.118. The van der Waals surface area contributed by atoms with Crippen molar-refractivity contribution in [2.24, 2.45) is 0 Å². The molecule has 1 amide bonds. The zero-order chi connectivity index (χ0) is 16.8. The Balaban J connectivity index is 1.83. The van der Waals surface area contributed by atoms with Gasteiger partial charge in [0.1, 0.15) is 0 Å². The van der Waals surface area contributed by atoms with E-state index >= 15 is 0 Å². The van der Waals surface area contributed by atoms with E-state index in [1.807, 2.05) is 89.8 Å². The molecule has 0 aliphatic heterocycles. The maximum Gasteiger partial charge on any atom is 0.231 e. The van der Waals surface area contributed by atoms with Crippen LogP contribution in [-0.4, -0.2) is 5.91 Å². The number of nitrogens with zero attached hydrogens (tertiary/aromatic N) is 1. The molecular formula is C21H18ClNO. The normalized spacial score (nSPS) is 10.4. The summed E-state index contributed by atoms with van der Waals surface area (Å²) in [6, 6.07) is 27.2. The molecule has 0 atom stereocenters. The molecule has 3 aromatic rings. The summed E-state index contributed by atoms with van der Waals surface area (Å²) < 4.78 is 0. The van der Waals surface area contributed by atoms with Gasteiger partial charge >= 0.3 is 0 Å². The summed E-state index contributed by atoms with van der Waals surface area (Å²) >= 11 is 5.92. The Bertz CT molecular complexity index is 785. The van der Waals surface area contributed by atoms with Gasteiger partial charge in [-0.25, -0.2) is 0 Å². The van der Waals surface area contributed by atoms with Crippen LogP contribution in [0, 0.1) is 0 Å². The van der Waals surface area contributed by atoms with Crippen LogP contribution in [0.4, 0.5) is 5.69 Å². The number of carbonyl (C=O) groups excluding carboxylic acids is 1. The highest BCUT2D eigenvalue weighted by Crippen LogP contribution is 2.19. The summed E-state index contributed by atoms with van der Waals surface area (Å²) in [6.07, 6.45) is 0.346. The van der Waals surface area contributed by atoms with Crippen LogP contribution in [0.2, 0.25) is 5.02 Å². The summed E-state index contributed by atoms with van der Waals surface area (Å²) in [5, 5.41) is 0.676. The highest BCUT2D eigenvalue weighted by Gasteiger charge is 2.16. The van der Waals surface area contributed by atoms with E-state index in [0.717, 1.165) is 16.8 Å². The second-order valence-electron chi connectivity index (χ2n) is 5.60. The highest BCUT2D eigenvalue weighted by atomic mass is 35.5. The third-order valence-electron chi connectivity index (χ3n) is 3.82. The lowest BCUT2D eigenvalue weighted by Crippen LogP contribution is -2.31. The minimum Gasteiger partial charge on any atom is -0.308 e. The van der Waals surface area contributed by atoms with Crippen LogP contribution in [0.15, 0.2) is 84.9 Å². The molecule has 0 saturated carbocycles. The SMILES string of the molecule is O=C(Cc1ccc(Cl)cc1)N(Cc1ccccc1)c1ccccc1. The van der Waals surface area contributed by atoms with Crippen LogP contribution >= 0.6 is 11.6 Å². The largest absolute Gasteiger partial charge is 0.308 e. The smallest absolute Gasteiger partial charge is 0.231 e. The van der Waals surface area contributed by atoms with Crippen LogP contribution in [0.3, 0.4) is 0 Å². The first-order valence-corrected chi connectivity index (χ1v) is 8.24. The minimum absolute atomic E-state index is 0.0624. The van der Waals surface area contributed by atoms with Crippen molar-refractivity contribution < 1.29 is 4.79 Å². The molecule has 24 heavy (non-hydrogen) atoms. The Labute approximate surface area is 147 Å². The lowest BCUT2D eigenvalue weighted by Gasteiger charge is -2.23. The van der Waals surface area contributed by atoms with Gasteiger partial charge < -0.3 is 4.90 Å². The molecule has 3 aromatic carbocycles. The van der Waals surface area contributed by atoms with Crippen molar-refractivity contribution in [3.63, 3.8) is 0 Å². The fourth-order valence-corrected chi connectivity index (χ4v) is 2.70. The van der Waals surface area contributed by atoms with Crippen LogP contribution in [-0.2, 0) is 17.8 Å². The fourth-order valence-electron chi connectivity index (χ4n) is 2.57. The summed E-state index contributed by atoms with van der Waals surface area (Å²) in [7, 11) is 0. The number of rotatable bonds is 5. The Kier molecular flexibility index (Phi) is 5.29. The zero-order valence-corrected chi connectivity index (χ0v) is 14.0. The van der Waals surface area contributed by atoms with Gasteiger partial charge in [0.15, 0.2) is 0 Å². The third kappa shape index (κ3) is 4.24. The van der Waals surface area contributed by atoms with Gasteiger partial charge in [-0.15, -0.1) is 0 Å². The van der Waals surface area contributed by atoms with Gasteiger partial charge in [0, 0.05) is 10.7 Å². The zero-order valence-electron chi connectivity index (χ0n) is 13.2. The van der Waals surface area contributed by atoms with Crippen molar-refractivity contribution in [1.82, 2.24) is 0 Å². The number of benzene rings is 3. The molecule has 0 N–H and O–H groups in total. The quantitative estimate of drug-likeness (QED) is 0.634. The van der Waals surface area contributed by atoms with Crippen molar-refractivity contribution in [2.45, 2.75) is 13.0 Å². The topological polar surface area (TPSA) is 20.3 Å². The molecule has 0 aliphatic rings. The Morgan fingerprint density at radius 1 is 0.750 bits per heavy atom. The lowest BCUT2D eigenvalue weighted by atomic mass is 10.1. The number of hydrogen-bond acceptors (Lipinski definition) is 1. The molecule has 120 valence electrons. The van der Waals surface area contributed by atoms with Gasteiger partial charge in [-0.05, 0) is 35.4 Å². The number of hydrogen-bond donors (Lipinski definition) is 0. The van der Waals surface area contributed by atoms with Gasteiger partial charge in [-0.1, -0.05) is 72.3 Å². The van der Waals surface area contributed by atoms with Gasteiger partial charge in [-0.3, -0.25) is 4.79 Å². The van der Waals surface area contributed by atoms with Crippen LogP contribution in [0.1, 0.15) is 11.1 Å². The molecule has 0 saturated heterocycles. The summed E-state index contributed by atoms with van der Waals surface area (Å²) in [5.74, 6) is 0.0624. The minimum atomic E-state index is 0.0624. The number of amides is 1.